The van der Waals surface area contributed by atoms with Crippen molar-refractivity contribution in [3.63, 3.8) is 0 Å². The maximum atomic E-state index is 9.07. The van der Waals surface area contributed by atoms with Crippen molar-refractivity contribution in [3.8, 4) is 5.75 Å². The summed E-state index contributed by atoms with van der Waals surface area (Å²) < 4.78 is 0.979. The van der Waals surface area contributed by atoms with Gasteiger partial charge in [-0.15, -0.1) is 0 Å². The summed E-state index contributed by atoms with van der Waals surface area (Å²) in [5.41, 5.74) is 1.22. The molecule has 11 heavy (non-hydrogen) atoms. The van der Waals surface area contributed by atoms with Crippen LogP contribution in [0.25, 0.3) is 0 Å². The van der Waals surface area contributed by atoms with Crippen LogP contribution in [0.15, 0.2) is 22.7 Å². The summed E-state index contributed by atoms with van der Waals surface area (Å²) in [6.45, 7) is 0. The van der Waals surface area contributed by atoms with E-state index in [2.05, 4.69) is 22.2 Å². The van der Waals surface area contributed by atoms with E-state index in [0.717, 1.165) is 10.2 Å². The van der Waals surface area contributed by atoms with Crippen LogP contribution in [0.1, 0.15) is 5.56 Å². The Hall–Kier alpha value is -0.150. The van der Waals surface area contributed by atoms with Gasteiger partial charge in [0.15, 0.2) is 0 Å². The molecule has 0 spiro atoms. The highest BCUT2D eigenvalue weighted by molar-refractivity contribution is 9.10. The maximum absolute atomic E-state index is 9.07. The molecule has 1 nitrogen and oxygen atoms in total. The molecule has 0 unspecified atom stereocenters. The minimum Gasteiger partial charge on any atom is -0.508 e. The molecule has 1 rings (SSSR count). The molecule has 0 radical (unpaired) electrons. The SMILES string of the molecule is CSCc1ccc(O)cc1Br. The molecule has 0 atom stereocenters. The summed E-state index contributed by atoms with van der Waals surface area (Å²) in [6, 6.07) is 5.35. The fourth-order valence-electron chi connectivity index (χ4n) is 0.809. The Balaban J connectivity index is 2.90. The van der Waals surface area contributed by atoms with Crippen LogP contribution in [0.5, 0.6) is 5.75 Å². The first-order chi connectivity index (χ1) is 5.24. The Labute approximate surface area is 78.9 Å². The minimum absolute atomic E-state index is 0.307. The molecule has 1 aromatic carbocycles. The Morgan fingerprint density at radius 3 is 2.82 bits per heavy atom. The number of halogens is 1. The second-order valence-electron chi connectivity index (χ2n) is 2.21. The predicted molar refractivity (Wildman–Crippen MR) is 53.0 cm³/mol. The summed E-state index contributed by atoms with van der Waals surface area (Å²) in [4.78, 5) is 0. The van der Waals surface area contributed by atoms with Gasteiger partial charge in [0.2, 0.25) is 0 Å². The van der Waals surface area contributed by atoms with Gasteiger partial charge in [-0.25, -0.2) is 0 Å². The molecule has 1 N–H and O–H groups in total. The molecule has 0 aliphatic heterocycles. The topological polar surface area (TPSA) is 20.2 Å². The molecule has 0 fully saturated rings. The Morgan fingerprint density at radius 2 is 2.27 bits per heavy atom. The molecule has 0 heterocycles. The number of hydrogen-bond donors (Lipinski definition) is 1. The molecule has 0 amide bonds. The third-order valence-corrected chi connectivity index (χ3v) is 2.67. The zero-order valence-corrected chi connectivity index (χ0v) is 8.58. The zero-order valence-electron chi connectivity index (χ0n) is 6.17. The van der Waals surface area contributed by atoms with Gasteiger partial charge in [0, 0.05) is 10.2 Å². The lowest BCUT2D eigenvalue weighted by Crippen LogP contribution is -1.80. The standard InChI is InChI=1S/C8H9BrOS/c1-11-5-6-2-3-7(10)4-8(6)9/h2-4,10H,5H2,1H3. The van der Waals surface area contributed by atoms with Crippen molar-refractivity contribution < 1.29 is 5.11 Å². The van der Waals surface area contributed by atoms with E-state index < -0.39 is 0 Å². The average molecular weight is 233 g/mol. The van der Waals surface area contributed by atoms with E-state index in [1.807, 2.05) is 6.07 Å². The van der Waals surface area contributed by atoms with Gasteiger partial charge in [-0.3, -0.25) is 0 Å². The molecule has 0 aliphatic rings. The molecule has 0 saturated heterocycles. The number of rotatable bonds is 2. The van der Waals surface area contributed by atoms with Crippen molar-refractivity contribution in [2.75, 3.05) is 6.26 Å². The highest BCUT2D eigenvalue weighted by Crippen LogP contribution is 2.24. The second-order valence-corrected chi connectivity index (χ2v) is 3.93. The highest BCUT2D eigenvalue weighted by Gasteiger charge is 1.98. The van der Waals surface area contributed by atoms with Crippen LogP contribution < -0.4 is 0 Å². The molecule has 1 aromatic rings. The van der Waals surface area contributed by atoms with E-state index in [1.165, 1.54) is 5.56 Å². The summed E-state index contributed by atoms with van der Waals surface area (Å²) >= 11 is 5.14. The quantitative estimate of drug-likeness (QED) is 0.847. The van der Waals surface area contributed by atoms with Gasteiger partial charge < -0.3 is 5.11 Å². The molecule has 60 valence electrons. The van der Waals surface area contributed by atoms with Gasteiger partial charge in [0.05, 0.1) is 0 Å². The lowest BCUT2D eigenvalue weighted by Gasteiger charge is -2.01. The van der Waals surface area contributed by atoms with E-state index in [-0.39, 0.29) is 0 Å². The summed E-state index contributed by atoms with van der Waals surface area (Å²) in [7, 11) is 0. The van der Waals surface area contributed by atoms with Gasteiger partial charge in [-0.2, -0.15) is 11.8 Å². The number of hydrogen-bond acceptors (Lipinski definition) is 2. The number of phenols is 1. The number of aromatic hydroxyl groups is 1. The molecular weight excluding hydrogens is 224 g/mol. The molecular formula is C8H9BrOS. The number of phenolic OH excluding ortho intramolecular Hbond substituents is 1. The monoisotopic (exact) mass is 232 g/mol. The van der Waals surface area contributed by atoms with Crippen molar-refractivity contribution in [2.24, 2.45) is 0 Å². The van der Waals surface area contributed by atoms with Crippen LogP contribution in [0.3, 0.4) is 0 Å². The van der Waals surface area contributed by atoms with Crippen LogP contribution >= 0.6 is 27.7 Å². The molecule has 0 aliphatic carbocycles. The van der Waals surface area contributed by atoms with Gasteiger partial charge in [0.25, 0.3) is 0 Å². The van der Waals surface area contributed by atoms with Gasteiger partial charge in [-0.05, 0) is 24.0 Å². The largest absolute Gasteiger partial charge is 0.508 e. The highest BCUT2D eigenvalue weighted by atomic mass is 79.9. The Bertz CT molecular complexity index is 250. The summed E-state index contributed by atoms with van der Waals surface area (Å²) in [6.07, 6.45) is 2.05. The maximum Gasteiger partial charge on any atom is 0.116 e. The molecule has 0 aromatic heterocycles. The van der Waals surface area contributed by atoms with Crippen molar-refractivity contribution in [1.29, 1.82) is 0 Å². The van der Waals surface area contributed by atoms with E-state index in [0.29, 0.717) is 5.75 Å². The minimum atomic E-state index is 0.307. The number of thioether (sulfide) groups is 1. The Morgan fingerprint density at radius 1 is 1.55 bits per heavy atom. The van der Waals surface area contributed by atoms with Crippen molar-refractivity contribution in [3.05, 3.63) is 28.2 Å². The third kappa shape index (κ3) is 2.42. The van der Waals surface area contributed by atoms with Crippen molar-refractivity contribution in [1.82, 2.24) is 0 Å². The van der Waals surface area contributed by atoms with E-state index >= 15 is 0 Å². The van der Waals surface area contributed by atoms with Crippen molar-refractivity contribution in [2.45, 2.75) is 5.75 Å². The average Bonchev–Trinajstić information content (AvgIpc) is 1.95. The second kappa shape index (κ2) is 4.02. The first-order valence-electron chi connectivity index (χ1n) is 3.20. The lowest BCUT2D eigenvalue weighted by atomic mass is 10.2. The smallest absolute Gasteiger partial charge is 0.116 e. The first kappa shape index (κ1) is 8.94. The van der Waals surface area contributed by atoms with E-state index in [9.17, 15) is 0 Å². The normalized spacial score (nSPS) is 10.0. The van der Waals surface area contributed by atoms with Crippen LogP contribution in [0.2, 0.25) is 0 Å². The molecule has 0 bridgehead atoms. The van der Waals surface area contributed by atoms with Gasteiger partial charge in [0.1, 0.15) is 5.75 Å². The van der Waals surface area contributed by atoms with E-state index in [1.54, 1.807) is 23.9 Å². The molecule has 0 saturated carbocycles. The zero-order chi connectivity index (χ0) is 8.27. The lowest BCUT2D eigenvalue weighted by molar-refractivity contribution is 0.475. The third-order valence-electron chi connectivity index (χ3n) is 1.34. The fraction of sp³-hybridized carbons (Fsp3) is 0.250. The van der Waals surface area contributed by atoms with Crippen LogP contribution in [0.4, 0.5) is 0 Å². The van der Waals surface area contributed by atoms with Crippen LogP contribution in [-0.4, -0.2) is 11.4 Å². The first-order valence-corrected chi connectivity index (χ1v) is 5.39. The van der Waals surface area contributed by atoms with Crippen LogP contribution in [-0.2, 0) is 5.75 Å². The van der Waals surface area contributed by atoms with E-state index in [4.69, 9.17) is 5.11 Å². The number of benzene rings is 1. The Kier molecular flexibility index (Phi) is 3.27. The van der Waals surface area contributed by atoms with Gasteiger partial charge >= 0.3 is 0 Å². The van der Waals surface area contributed by atoms with Gasteiger partial charge in [-0.1, -0.05) is 22.0 Å². The molecule has 3 heteroatoms. The predicted octanol–water partition coefficient (Wildman–Crippen LogP) is 3.02. The van der Waals surface area contributed by atoms with Crippen molar-refractivity contribution >= 4 is 27.7 Å². The van der Waals surface area contributed by atoms with Crippen LogP contribution in [0, 0.1) is 0 Å². The summed E-state index contributed by atoms with van der Waals surface area (Å²) in [5.74, 6) is 1.28. The summed E-state index contributed by atoms with van der Waals surface area (Å²) in [5, 5.41) is 9.07. The fourth-order valence-corrected chi connectivity index (χ4v) is 2.06.